The molecule has 10 rings (SSSR count). The van der Waals surface area contributed by atoms with Gasteiger partial charge in [0.2, 0.25) is 0 Å². The van der Waals surface area contributed by atoms with Crippen molar-refractivity contribution in [1.29, 1.82) is 0 Å². The van der Waals surface area contributed by atoms with Crippen LogP contribution in [0.5, 0.6) is 0 Å². The molecule has 0 saturated carbocycles. The second-order valence-corrected chi connectivity index (χ2v) is 13.6. The Labute approximate surface area is 291 Å². The van der Waals surface area contributed by atoms with Gasteiger partial charge in [-0.1, -0.05) is 165 Å². The van der Waals surface area contributed by atoms with Gasteiger partial charge >= 0.3 is 0 Å². The highest BCUT2D eigenvalue weighted by molar-refractivity contribution is 6.23. The molecule has 0 spiro atoms. The third-order valence-corrected chi connectivity index (χ3v) is 10.7. The van der Waals surface area contributed by atoms with Crippen molar-refractivity contribution in [3.05, 3.63) is 175 Å². The van der Waals surface area contributed by atoms with E-state index in [9.17, 15) is 0 Å². The average molecular weight is 639 g/mol. The minimum atomic E-state index is 0.366. The van der Waals surface area contributed by atoms with Crippen LogP contribution in [0, 0.1) is 0 Å². The number of rotatable bonds is 4. The summed E-state index contributed by atoms with van der Waals surface area (Å²) < 4.78 is 6.75. The number of allylic oxidation sites excluding steroid dienone is 1. The van der Waals surface area contributed by atoms with Crippen molar-refractivity contribution >= 4 is 49.4 Å². The molecule has 1 aromatic heterocycles. The second kappa shape index (κ2) is 11.5. The molecule has 1 heterocycles. The van der Waals surface area contributed by atoms with Crippen LogP contribution in [0.2, 0.25) is 0 Å². The molecule has 0 radical (unpaired) electrons. The van der Waals surface area contributed by atoms with Crippen LogP contribution in [0.4, 0.5) is 0 Å². The molecule has 0 fully saturated rings. The summed E-state index contributed by atoms with van der Waals surface area (Å²) in [7, 11) is 0. The van der Waals surface area contributed by atoms with E-state index in [0.29, 0.717) is 5.92 Å². The zero-order valence-corrected chi connectivity index (χ0v) is 27.9. The molecule has 8 aromatic carbocycles. The highest BCUT2D eigenvalue weighted by Crippen LogP contribution is 2.48. The lowest BCUT2D eigenvalue weighted by molar-refractivity contribution is 0.504. The van der Waals surface area contributed by atoms with Gasteiger partial charge in [-0.05, 0) is 89.8 Å². The van der Waals surface area contributed by atoms with Crippen molar-refractivity contribution < 1.29 is 4.42 Å². The van der Waals surface area contributed by atoms with E-state index >= 15 is 0 Å². The van der Waals surface area contributed by atoms with E-state index in [1.165, 1.54) is 82.2 Å². The summed E-state index contributed by atoms with van der Waals surface area (Å²) in [4.78, 5) is 0. The molecule has 0 bridgehead atoms. The highest BCUT2D eigenvalue weighted by atomic mass is 16.3. The highest BCUT2D eigenvalue weighted by Gasteiger charge is 2.24. The molecule has 1 heteroatoms. The van der Waals surface area contributed by atoms with Crippen LogP contribution in [0.15, 0.2) is 168 Å². The number of benzene rings is 8. The fraction of sp³-hybridized carbons (Fsp3) is 0.0612. The molecule has 1 atom stereocenters. The van der Waals surface area contributed by atoms with E-state index < -0.39 is 0 Å². The molecular formula is C49H34O. The van der Waals surface area contributed by atoms with Gasteiger partial charge in [0.15, 0.2) is 0 Å². The van der Waals surface area contributed by atoms with E-state index in [1.54, 1.807) is 0 Å². The maximum Gasteiger partial charge on any atom is 0.142 e. The molecular weight excluding hydrogens is 605 g/mol. The Morgan fingerprint density at radius 1 is 0.460 bits per heavy atom. The lowest BCUT2D eigenvalue weighted by Crippen LogP contribution is -1.95. The lowest BCUT2D eigenvalue weighted by Gasteiger charge is -2.20. The van der Waals surface area contributed by atoms with E-state index in [2.05, 4.69) is 177 Å². The van der Waals surface area contributed by atoms with E-state index in [1.807, 2.05) is 0 Å². The van der Waals surface area contributed by atoms with Crippen LogP contribution in [-0.2, 0) is 0 Å². The van der Waals surface area contributed by atoms with Crippen molar-refractivity contribution in [2.45, 2.75) is 19.3 Å². The molecule has 0 N–H and O–H groups in total. The van der Waals surface area contributed by atoms with Crippen LogP contribution >= 0.6 is 0 Å². The number of hydrogen-bond donors (Lipinski definition) is 0. The average Bonchev–Trinajstić information content (AvgIpc) is 3.57. The zero-order chi connectivity index (χ0) is 33.2. The third-order valence-electron chi connectivity index (χ3n) is 10.7. The lowest BCUT2D eigenvalue weighted by atomic mass is 9.83. The number of para-hydroxylation sites is 1. The molecule has 50 heavy (non-hydrogen) atoms. The van der Waals surface area contributed by atoms with Gasteiger partial charge in [-0.25, -0.2) is 0 Å². The summed E-state index contributed by atoms with van der Waals surface area (Å²) >= 11 is 0. The summed E-state index contributed by atoms with van der Waals surface area (Å²) in [6.07, 6.45) is 5.53. The number of furan rings is 1. The SMILES string of the molecule is CC1CC=Cc2c1oc1c(-c3ccccc3-c3c4ccccc4c(-c4cccc(-c5ccc6ccccc6c5)c4)c4ccccc34)cccc21. The van der Waals surface area contributed by atoms with Gasteiger partial charge in [0.05, 0.1) is 0 Å². The smallest absolute Gasteiger partial charge is 0.142 e. The van der Waals surface area contributed by atoms with Crippen molar-refractivity contribution in [3.63, 3.8) is 0 Å². The van der Waals surface area contributed by atoms with Crippen molar-refractivity contribution in [2.24, 2.45) is 0 Å². The minimum absolute atomic E-state index is 0.366. The minimum Gasteiger partial charge on any atom is -0.459 e. The molecule has 0 aliphatic heterocycles. The summed E-state index contributed by atoms with van der Waals surface area (Å²) in [6.45, 7) is 2.26. The van der Waals surface area contributed by atoms with Crippen LogP contribution in [0.25, 0.3) is 93.9 Å². The third kappa shape index (κ3) is 4.47. The second-order valence-electron chi connectivity index (χ2n) is 13.6. The largest absolute Gasteiger partial charge is 0.459 e. The monoisotopic (exact) mass is 638 g/mol. The Balaban J connectivity index is 1.21. The van der Waals surface area contributed by atoms with Crippen molar-refractivity contribution in [3.8, 4) is 44.5 Å². The Morgan fingerprint density at radius 2 is 1.04 bits per heavy atom. The standard InChI is InChI=1S/C49H34O/c1-31-13-10-24-44-45-26-12-25-43(49(45)50-48(31)44)37-18-4-5-19-38(37)47-41-22-8-6-20-39(41)46(40-21-7-9-23-42(40)47)36-17-11-16-34(30-36)35-28-27-32-14-2-3-15-33(32)29-35/h2-12,14-31H,13H2,1H3. The summed E-state index contributed by atoms with van der Waals surface area (Å²) in [5.41, 5.74) is 11.9. The Hall–Kier alpha value is -6.18. The van der Waals surface area contributed by atoms with Crippen LogP contribution in [0.1, 0.15) is 30.6 Å². The predicted molar refractivity (Wildman–Crippen MR) is 213 cm³/mol. The Morgan fingerprint density at radius 3 is 1.82 bits per heavy atom. The first-order valence-corrected chi connectivity index (χ1v) is 17.6. The number of hydrogen-bond acceptors (Lipinski definition) is 1. The molecule has 0 saturated heterocycles. The summed E-state index contributed by atoms with van der Waals surface area (Å²) in [6, 6.07) is 57.7. The van der Waals surface area contributed by atoms with E-state index in [-0.39, 0.29) is 0 Å². The molecule has 9 aromatic rings. The molecule has 1 aliphatic carbocycles. The van der Waals surface area contributed by atoms with Crippen molar-refractivity contribution in [2.75, 3.05) is 0 Å². The van der Waals surface area contributed by atoms with Gasteiger partial charge in [0.25, 0.3) is 0 Å². The fourth-order valence-electron chi connectivity index (χ4n) is 8.29. The molecule has 1 unspecified atom stereocenters. The quantitative estimate of drug-likeness (QED) is 0.175. The first-order valence-electron chi connectivity index (χ1n) is 17.6. The predicted octanol–water partition coefficient (Wildman–Crippen LogP) is 14.1. The van der Waals surface area contributed by atoms with Gasteiger partial charge in [0, 0.05) is 22.4 Å². The first-order chi connectivity index (χ1) is 24.7. The van der Waals surface area contributed by atoms with E-state index in [0.717, 1.165) is 23.3 Å². The number of fused-ring (bicyclic) bond motifs is 6. The first kappa shape index (κ1) is 28.8. The van der Waals surface area contributed by atoms with Gasteiger partial charge in [-0.2, -0.15) is 0 Å². The molecule has 0 amide bonds. The van der Waals surface area contributed by atoms with Gasteiger partial charge < -0.3 is 4.42 Å². The molecule has 1 aliphatic rings. The zero-order valence-electron chi connectivity index (χ0n) is 27.9. The maximum atomic E-state index is 6.75. The molecule has 236 valence electrons. The summed E-state index contributed by atoms with van der Waals surface area (Å²) in [5, 5.41) is 8.68. The topological polar surface area (TPSA) is 13.1 Å². The summed E-state index contributed by atoms with van der Waals surface area (Å²) in [5.74, 6) is 1.46. The molecule has 1 nitrogen and oxygen atoms in total. The fourth-order valence-corrected chi connectivity index (χ4v) is 8.29. The van der Waals surface area contributed by atoms with E-state index in [4.69, 9.17) is 4.42 Å². The van der Waals surface area contributed by atoms with Crippen molar-refractivity contribution in [1.82, 2.24) is 0 Å². The normalized spacial score (nSPS) is 14.1. The van der Waals surface area contributed by atoms with Crippen LogP contribution in [0.3, 0.4) is 0 Å². The maximum absolute atomic E-state index is 6.75. The van der Waals surface area contributed by atoms with Crippen LogP contribution < -0.4 is 0 Å². The van der Waals surface area contributed by atoms with Gasteiger partial charge in [0.1, 0.15) is 11.3 Å². The van der Waals surface area contributed by atoms with Gasteiger partial charge in [-0.15, -0.1) is 0 Å². The van der Waals surface area contributed by atoms with Crippen LogP contribution in [-0.4, -0.2) is 0 Å². The van der Waals surface area contributed by atoms with Gasteiger partial charge in [-0.3, -0.25) is 0 Å². The Bertz CT molecular complexity index is 2750. The Kier molecular flexibility index (Phi) is 6.60.